The van der Waals surface area contributed by atoms with Gasteiger partial charge in [0.2, 0.25) is 0 Å². The standard InChI is InChI=1S/C12H15NO2/c1-3-15-12(14)9-10(2)13-11-7-5-4-6-8-11/h4-8H,3,9H2,1-2H3. The highest BCUT2D eigenvalue weighted by atomic mass is 16.5. The third kappa shape index (κ3) is 4.40. The van der Waals surface area contributed by atoms with E-state index in [2.05, 4.69) is 4.99 Å². The Hall–Kier alpha value is -1.64. The monoisotopic (exact) mass is 205 g/mol. The van der Waals surface area contributed by atoms with Crippen molar-refractivity contribution in [3.8, 4) is 0 Å². The predicted molar refractivity (Wildman–Crippen MR) is 60.5 cm³/mol. The number of carbonyl (C=O) groups excluding carboxylic acids is 1. The van der Waals surface area contributed by atoms with Crippen LogP contribution in [0, 0.1) is 0 Å². The van der Waals surface area contributed by atoms with Gasteiger partial charge in [-0.1, -0.05) is 18.2 Å². The van der Waals surface area contributed by atoms with Crippen molar-refractivity contribution in [2.24, 2.45) is 4.99 Å². The minimum Gasteiger partial charge on any atom is -0.466 e. The van der Waals surface area contributed by atoms with E-state index in [-0.39, 0.29) is 12.4 Å². The van der Waals surface area contributed by atoms with Crippen molar-refractivity contribution >= 4 is 17.4 Å². The number of hydrogen-bond acceptors (Lipinski definition) is 3. The molecule has 0 unspecified atom stereocenters. The minimum atomic E-state index is -0.227. The molecule has 0 saturated heterocycles. The molecule has 0 radical (unpaired) electrons. The van der Waals surface area contributed by atoms with Gasteiger partial charge in [-0.05, 0) is 26.0 Å². The fourth-order valence-corrected chi connectivity index (χ4v) is 1.18. The number of nitrogens with zero attached hydrogens (tertiary/aromatic N) is 1. The van der Waals surface area contributed by atoms with E-state index in [0.717, 1.165) is 11.4 Å². The molecule has 1 aromatic rings. The first-order chi connectivity index (χ1) is 7.22. The number of ether oxygens (including phenoxy) is 1. The molecule has 3 nitrogen and oxygen atoms in total. The topological polar surface area (TPSA) is 38.7 Å². The normalized spacial score (nSPS) is 11.2. The predicted octanol–water partition coefficient (Wildman–Crippen LogP) is 2.73. The number of rotatable bonds is 4. The van der Waals surface area contributed by atoms with Gasteiger partial charge < -0.3 is 4.74 Å². The minimum absolute atomic E-state index is 0.227. The molecule has 15 heavy (non-hydrogen) atoms. The molecule has 0 fully saturated rings. The van der Waals surface area contributed by atoms with Crippen molar-refractivity contribution in [1.29, 1.82) is 0 Å². The molecule has 0 bridgehead atoms. The zero-order valence-electron chi connectivity index (χ0n) is 9.06. The number of para-hydroxylation sites is 1. The first-order valence-corrected chi connectivity index (χ1v) is 4.97. The molecule has 3 heteroatoms. The molecule has 1 aromatic carbocycles. The van der Waals surface area contributed by atoms with Crippen molar-refractivity contribution < 1.29 is 9.53 Å². The molecular weight excluding hydrogens is 190 g/mol. The van der Waals surface area contributed by atoms with Crippen LogP contribution < -0.4 is 0 Å². The van der Waals surface area contributed by atoms with Gasteiger partial charge in [-0.3, -0.25) is 9.79 Å². The Labute approximate surface area is 89.8 Å². The average molecular weight is 205 g/mol. The fraction of sp³-hybridized carbons (Fsp3) is 0.333. The molecule has 80 valence electrons. The summed E-state index contributed by atoms with van der Waals surface area (Å²) in [5.74, 6) is -0.227. The van der Waals surface area contributed by atoms with E-state index in [4.69, 9.17) is 4.74 Å². The lowest BCUT2D eigenvalue weighted by Gasteiger charge is -2.01. The van der Waals surface area contributed by atoms with Crippen LogP contribution in [-0.4, -0.2) is 18.3 Å². The van der Waals surface area contributed by atoms with Crippen molar-refractivity contribution in [1.82, 2.24) is 0 Å². The Balaban J connectivity index is 2.57. The number of hydrogen-bond donors (Lipinski definition) is 0. The second-order valence-electron chi connectivity index (χ2n) is 3.16. The van der Waals surface area contributed by atoms with Crippen LogP contribution in [0.1, 0.15) is 20.3 Å². The zero-order valence-corrected chi connectivity index (χ0v) is 9.06. The maximum Gasteiger partial charge on any atom is 0.311 e. The van der Waals surface area contributed by atoms with E-state index in [0.29, 0.717) is 6.61 Å². The molecule has 0 atom stereocenters. The lowest BCUT2D eigenvalue weighted by Crippen LogP contribution is -2.08. The van der Waals surface area contributed by atoms with E-state index >= 15 is 0 Å². The first-order valence-electron chi connectivity index (χ1n) is 4.97. The Morgan fingerprint density at radius 2 is 2.00 bits per heavy atom. The third-order valence-corrected chi connectivity index (χ3v) is 1.78. The second-order valence-corrected chi connectivity index (χ2v) is 3.16. The molecular formula is C12H15NO2. The van der Waals surface area contributed by atoms with E-state index < -0.39 is 0 Å². The van der Waals surface area contributed by atoms with Crippen LogP contribution in [0.2, 0.25) is 0 Å². The summed E-state index contributed by atoms with van der Waals surface area (Å²) in [6, 6.07) is 9.55. The number of carbonyl (C=O) groups is 1. The van der Waals surface area contributed by atoms with Crippen LogP contribution in [0.4, 0.5) is 5.69 Å². The molecule has 0 amide bonds. The summed E-state index contributed by atoms with van der Waals surface area (Å²) >= 11 is 0. The van der Waals surface area contributed by atoms with E-state index in [1.165, 1.54) is 0 Å². The SMILES string of the molecule is CCOC(=O)CC(C)=Nc1ccccc1. The number of esters is 1. The van der Waals surface area contributed by atoms with Crippen LogP contribution in [0.5, 0.6) is 0 Å². The second kappa shape index (κ2) is 5.96. The smallest absolute Gasteiger partial charge is 0.311 e. The van der Waals surface area contributed by atoms with Gasteiger partial charge >= 0.3 is 5.97 Å². The molecule has 0 heterocycles. The van der Waals surface area contributed by atoms with Crippen LogP contribution in [0.3, 0.4) is 0 Å². The average Bonchev–Trinajstić information content (AvgIpc) is 2.19. The highest BCUT2D eigenvalue weighted by Crippen LogP contribution is 2.10. The van der Waals surface area contributed by atoms with Gasteiger partial charge in [-0.25, -0.2) is 0 Å². The lowest BCUT2D eigenvalue weighted by molar-refractivity contribution is -0.141. The third-order valence-electron chi connectivity index (χ3n) is 1.78. The quantitative estimate of drug-likeness (QED) is 0.560. The van der Waals surface area contributed by atoms with Gasteiger partial charge in [-0.15, -0.1) is 0 Å². The Kier molecular flexibility index (Phi) is 4.54. The summed E-state index contributed by atoms with van der Waals surface area (Å²) in [6.45, 7) is 4.03. The van der Waals surface area contributed by atoms with E-state index in [1.54, 1.807) is 6.92 Å². The van der Waals surface area contributed by atoms with Gasteiger partial charge in [0, 0.05) is 5.71 Å². The summed E-state index contributed by atoms with van der Waals surface area (Å²) in [7, 11) is 0. The zero-order chi connectivity index (χ0) is 11.1. The molecule has 0 spiro atoms. The highest BCUT2D eigenvalue weighted by molar-refractivity contribution is 5.98. The van der Waals surface area contributed by atoms with Crippen molar-refractivity contribution in [2.45, 2.75) is 20.3 Å². The van der Waals surface area contributed by atoms with E-state index in [1.807, 2.05) is 37.3 Å². The van der Waals surface area contributed by atoms with Gasteiger partial charge in [-0.2, -0.15) is 0 Å². The molecule has 0 saturated carbocycles. The van der Waals surface area contributed by atoms with Crippen molar-refractivity contribution in [2.75, 3.05) is 6.61 Å². The van der Waals surface area contributed by atoms with Gasteiger partial charge in [0.15, 0.2) is 0 Å². The summed E-state index contributed by atoms with van der Waals surface area (Å²) < 4.78 is 4.83. The fourth-order valence-electron chi connectivity index (χ4n) is 1.18. The van der Waals surface area contributed by atoms with Crippen LogP contribution in [0.15, 0.2) is 35.3 Å². The summed E-state index contributed by atoms with van der Waals surface area (Å²) in [6.07, 6.45) is 0.253. The van der Waals surface area contributed by atoms with Gasteiger partial charge in [0.25, 0.3) is 0 Å². The summed E-state index contributed by atoms with van der Waals surface area (Å²) in [4.78, 5) is 15.4. The molecule has 0 aromatic heterocycles. The van der Waals surface area contributed by atoms with Crippen molar-refractivity contribution in [3.05, 3.63) is 30.3 Å². The molecule has 0 N–H and O–H groups in total. The Morgan fingerprint density at radius 3 is 2.60 bits per heavy atom. The van der Waals surface area contributed by atoms with Crippen LogP contribution in [0.25, 0.3) is 0 Å². The Bertz CT molecular complexity index is 344. The van der Waals surface area contributed by atoms with Gasteiger partial charge in [0.1, 0.15) is 0 Å². The molecule has 0 aliphatic rings. The van der Waals surface area contributed by atoms with Crippen LogP contribution in [-0.2, 0) is 9.53 Å². The van der Waals surface area contributed by atoms with Gasteiger partial charge in [0.05, 0.1) is 18.7 Å². The van der Waals surface area contributed by atoms with Crippen LogP contribution >= 0.6 is 0 Å². The van der Waals surface area contributed by atoms with Crippen molar-refractivity contribution in [3.63, 3.8) is 0 Å². The lowest BCUT2D eigenvalue weighted by atomic mass is 10.3. The largest absolute Gasteiger partial charge is 0.466 e. The molecule has 0 aliphatic heterocycles. The number of aliphatic imine (C=N–C) groups is 1. The summed E-state index contributed by atoms with van der Waals surface area (Å²) in [5, 5.41) is 0. The maximum absolute atomic E-state index is 11.1. The molecule has 0 aliphatic carbocycles. The maximum atomic E-state index is 11.1. The number of benzene rings is 1. The molecule has 1 rings (SSSR count). The van der Waals surface area contributed by atoms with E-state index in [9.17, 15) is 4.79 Å². The Morgan fingerprint density at radius 1 is 1.33 bits per heavy atom. The highest BCUT2D eigenvalue weighted by Gasteiger charge is 2.03. The first kappa shape index (κ1) is 11.4. The summed E-state index contributed by atoms with van der Waals surface area (Å²) in [5.41, 5.74) is 1.62.